The van der Waals surface area contributed by atoms with Crippen molar-refractivity contribution in [2.45, 2.75) is 63.1 Å². The molecule has 3 fully saturated rings. The number of hydroxylamine groups is 2. The molecule has 3 aliphatic rings. The highest BCUT2D eigenvalue weighted by molar-refractivity contribution is 7.80. The van der Waals surface area contributed by atoms with Gasteiger partial charge in [-0.25, -0.2) is 4.79 Å². The van der Waals surface area contributed by atoms with Crippen molar-refractivity contribution in [3.05, 3.63) is 0 Å². The molecule has 0 aromatic heterocycles. The van der Waals surface area contributed by atoms with E-state index in [1.165, 1.54) is 0 Å². The van der Waals surface area contributed by atoms with E-state index in [4.69, 9.17) is 4.55 Å². The Labute approximate surface area is 162 Å². The van der Waals surface area contributed by atoms with Crippen molar-refractivity contribution in [3.8, 4) is 0 Å². The summed E-state index contributed by atoms with van der Waals surface area (Å²) in [5, 5.41) is 3.91. The highest BCUT2D eigenvalue weighted by atomic mass is 32.3. The summed E-state index contributed by atoms with van der Waals surface area (Å²) in [5.74, 6) is -0.886. The van der Waals surface area contributed by atoms with Crippen LogP contribution in [0.15, 0.2) is 0 Å². The SMILES string of the molecule is O=C(CCC1CCCCN1)NNC(=O)C1CC[C@@H]2CN1C(=O)N2OS(=O)(=O)O. The largest absolute Gasteiger partial charge is 0.418 e. The summed E-state index contributed by atoms with van der Waals surface area (Å²) in [4.78, 5) is 37.8. The Balaban J connectivity index is 1.46. The van der Waals surface area contributed by atoms with E-state index in [0.717, 1.165) is 30.7 Å². The maximum atomic E-state index is 12.4. The summed E-state index contributed by atoms with van der Waals surface area (Å²) in [6.45, 7) is 1.04. The molecule has 4 amide bonds. The topological polar surface area (TPSA) is 157 Å². The van der Waals surface area contributed by atoms with Gasteiger partial charge in [0, 0.05) is 19.0 Å². The fourth-order valence-electron chi connectivity index (χ4n) is 3.86. The van der Waals surface area contributed by atoms with Gasteiger partial charge in [0.2, 0.25) is 5.91 Å². The van der Waals surface area contributed by atoms with E-state index in [2.05, 4.69) is 20.5 Å². The molecular formula is C15H25N5O7S. The van der Waals surface area contributed by atoms with Crippen molar-refractivity contribution in [1.82, 2.24) is 26.1 Å². The average molecular weight is 419 g/mol. The number of hydrogen-bond acceptors (Lipinski definition) is 7. The third kappa shape index (κ3) is 5.10. The molecular weight excluding hydrogens is 394 g/mol. The lowest BCUT2D eigenvalue weighted by Crippen LogP contribution is -2.54. The molecule has 3 heterocycles. The number of hydrogen-bond donors (Lipinski definition) is 4. The first kappa shape index (κ1) is 20.8. The standard InChI is InChI=1S/C15H25N5O7S/c21-13(7-4-10-3-1-2-8-16-10)17-18-14(22)12-6-5-11-9-19(12)15(23)20(11)27-28(24,25)26/h10-12,16H,1-9H2,(H,17,21)(H,18,22)(H,24,25,26)/t10?,11-,12?/m1/s1. The minimum Gasteiger partial charge on any atom is -0.314 e. The zero-order valence-corrected chi connectivity index (χ0v) is 16.1. The van der Waals surface area contributed by atoms with E-state index in [1.54, 1.807) is 0 Å². The summed E-state index contributed by atoms with van der Waals surface area (Å²) in [6, 6.07) is -1.95. The average Bonchev–Trinajstić information content (AvgIpc) is 2.89. The van der Waals surface area contributed by atoms with E-state index in [0.29, 0.717) is 23.9 Å². The minimum absolute atomic E-state index is 0.0910. The third-order valence-corrected chi connectivity index (χ3v) is 5.61. The number of fused-ring (bicyclic) bond motifs is 2. The summed E-state index contributed by atoms with van der Waals surface area (Å²) in [6.07, 6.45) is 4.85. The van der Waals surface area contributed by atoms with Gasteiger partial charge in [0.1, 0.15) is 6.04 Å². The molecule has 3 rings (SSSR count). The Morgan fingerprint density at radius 1 is 1.21 bits per heavy atom. The smallest absolute Gasteiger partial charge is 0.314 e. The van der Waals surface area contributed by atoms with Gasteiger partial charge in [-0.05, 0) is 38.6 Å². The van der Waals surface area contributed by atoms with Crippen LogP contribution in [0.25, 0.3) is 0 Å². The number of carbonyl (C=O) groups is 3. The first-order chi connectivity index (χ1) is 13.2. The Morgan fingerprint density at radius 3 is 2.68 bits per heavy atom. The molecule has 0 aromatic rings. The van der Waals surface area contributed by atoms with Gasteiger partial charge in [0.25, 0.3) is 5.91 Å². The van der Waals surface area contributed by atoms with Crippen LogP contribution >= 0.6 is 0 Å². The van der Waals surface area contributed by atoms with Crippen molar-refractivity contribution < 1.29 is 31.6 Å². The summed E-state index contributed by atoms with van der Waals surface area (Å²) >= 11 is 0. The quantitative estimate of drug-likeness (QED) is 0.317. The van der Waals surface area contributed by atoms with Crippen molar-refractivity contribution >= 4 is 28.2 Å². The zero-order valence-electron chi connectivity index (χ0n) is 15.3. The molecule has 28 heavy (non-hydrogen) atoms. The minimum atomic E-state index is -4.84. The lowest BCUT2D eigenvalue weighted by Gasteiger charge is -2.29. The monoisotopic (exact) mass is 419 g/mol. The Hall–Kier alpha value is -1.96. The van der Waals surface area contributed by atoms with Crippen LogP contribution in [0.5, 0.6) is 0 Å². The van der Waals surface area contributed by atoms with E-state index in [-0.39, 0.29) is 25.3 Å². The normalized spacial score (nSPS) is 27.6. The fourth-order valence-corrected chi connectivity index (χ4v) is 4.25. The van der Waals surface area contributed by atoms with Gasteiger partial charge in [-0.1, -0.05) is 6.42 Å². The molecule has 2 bridgehead atoms. The van der Waals surface area contributed by atoms with Crippen LogP contribution in [-0.4, -0.2) is 72.0 Å². The lowest BCUT2D eigenvalue weighted by molar-refractivity contribution is -0.132. The summed E-state index contributed by atoms with van der Waals surface area (Å²) < 4.78 is 34.8. The van der Waals surface area contributed by atoms with Gasteiger partial charge < -0.3 is 10.2 Å². The predicted octanol–water partition coefficient (Wildman–Crippen LogP) is -0.941. The highest BCUT2D eigenvalue weighted by Gasteiger charge is 2.49. The molecule has 13 heteroatoms. The second kappa shape index (κ2) is 8.59. The molecule has 0 saturated carbocycles. The molecule has 0 aromatic carbocycles. The molecule has 12 nitrogen and oxygen atoms in total. The predicted molar refractivity (Wildman–Crippen MR) is 94.5 cm³/mol. The van der Waals surface area contributed by atoms with Crippen LogP contribution in [0.4, 0.5) is 4.79 Å². The van der Waals surface area contributed by atoms with E-state index in [9.17, 15) is 22.8 Å². The van der Waals surface area contributed by atoms with Crippen LogP contribution in [0.1, 0.15) is 44.9 Å². The molecule has 3 saturated heterocycles. The van der Waals surface area contributed by atoms with Crippen LogP contribution in [0.3, 0.4) is 0 Å². The van der Waals surface area contributed by atoms with Crippen molar-refractivity contribution in [2.75, 3.05) is 13.1 Å². The number of rotatable bonds is 6. The van der Waals surface area contributed by atoms with E-state index in [1.807, 2.05) is 0 Å². The number of nitrogens with one attached hydrogen (secondary N) is 3. The molecule has 0 aliphatic carbocycles. The van der Waals surface area contributed by atoms with Gasteiger partial charge >= 0.3 is 16.4 Å². The molecule has 3 atom stereocenters. The van der Waals surface area contributed by atoms with E-state index >= 15 is 0 Å². The molecule has 2 unspecified atom stereocenters. The lowest BCUT2D eigenvalue weighted by atomic mass is 10.0. The Bertz CT molecular complexity index is 724. The van der Waals surface area contributed by atoms with Crippen molar-refractivity contribution in [1.29, 1.82) is 0 Å². The van der Waals surface area contributed by atoms with E-state index < -0.39 is 34.4 Å². The maximum absolute atomic E-state index is 12.4. The first-order valence-corrected chi connectivity index (χ1v) is 10.7. The third-order valence-electron chi connectivity index (χ3n) is 5.26. The molecule has 0 spiro atoms. The van der Waals surface area contributed by atoms with Gasteiger partial charge in [0.05, 0.1) is 6.04 Å². The van der Waals surface area contributed by atoms with Crippen molar-refractivity contribution in [2.24, 2.45) is 0 Å². The Morgan fingerprint density at radius 2 is 2.00 bits per heavy atom. The van der Waals surface area contributed by atoms with Crippen molar-refractivity contribution in [3.63, 3.8) is 0 Å². The number of carbonyl (C=O) groups excluding carboxylic acids is 3. The summed E-state index contributed by atoms with van der Waals surface area (Å²) in [5.41, 5.74) is 4.68. The number of amides is 4. The second-order valence-corrected chi connectivity index (χ2v) is 8.24. The Kier molecular flexibility index (Phi) is 6.37. The second-order valence-electron chi connectivity index (χ2n) is 7.23. The van der Waals surface area contributed by atoms with Crippen LogP contribution < -0.4 is 16.2 Å². The fraction of sp³-hybridized carbons (Fsp3) is 0.800. The molecule has 3 aliphatic heterocycles. The number of piperidine rings is 2. The number of urea groups is 1. The molecule has 158 valence electrons. The maximum Gasteiger partial charge on any atom is 0.418 e. The number of hydrazine groups is 1. The van der Waals surface area contributed by atoms with Gasteiger partial charge in [-0.15, -0.1) is 4.28 Å². The highest BCUT2D eigenvalue weighted by Crippen LogP contribution is 2.30. The first-order valence-electron chi connectivity index (χ1n) is 9.33. The molecule has 0 radical (unpaired) electrons. The van der Waals surface area contributed by atoms with Gasteiger partial charge in [-0.3, -0.25) is 25.0 Å². The van der Waals surface area contributed by atoms with Crippen LogP contribution in [-0.2, 0) is 24.3 Å². The van der Waals surface area contributed by atoms with Crippen LogP contribution in [0.2, 0.25) is 0 Å². The zero-order chi connectivity index (χ0) is 20.3. The van der Waals surface area contributed by atoms with Gasteiger partial charge in [0.15, 0.2) is 0 Å². The molecule has 4 N–H and O–H groups in total. The number of nitrogens with zero attached hydrogens (tertiary/aromatic N) is 2. The van der Waals surface area contributed by atoms with Gasteiger partial charge in [-0.2, -0.15) is 13.5 Å². The summed E-state index contributed by atoms with van der Waals surface area (Å²) in [7, 11) is -4.84. The van der Waals surface area contributed by atoms with Crippen LogP contribution in [0, 0.1) is 0 Å².